The van der Waals surface area contributed by atoms with Crippen LogP contribution in [-0.2, 0) is 17.7 Å². The van der Waals surface area contributed by atoms with Crippen molar-refractivity contribution in [2.45, 2.75) is 38.8 Å². The first-order chi connectivity index (χ1) is 11.7. The van der Waals surface area contributed by atoms with Gasteiger partial charge in [-0.15, -0.1) is 0 Å². The summed E-state index contributed by atoms with van der Waals surface area (Å²) in [6.45, 7) is 4.15. The van der Waals surface area contributed by atoms with Gasteiger partial charge in [0.1, 0.15) is 0 Å². The van der Waals surface area contributed by atoms with Gasteiger partial charge in [-0.1, -0.05) is 0 Å². The van der Waals surface area contributed by atoms with Crippen molar-refractivity contribution in [3.63, 3.8) is 0 Å². The third kappa shape index (κ3) is 4.55. The number of hydrogen-bond donors (Lipinski definition) is 2. The predicted molar refractivity (Wildman–Crippen MR) is 90.9 cm³/mol. The summed E-state index contributed by atoms with van der Waals surface area (Å²) in [6.07, 6.45) is 10.3. The molecular formula is C17H23N5O2. The van der Waals surface area contributed by atoms with E-state index < -0.39 is 0 Å². The molecule has 3 heterocycles. The molecular weight excluding hydrogens is 306 g/mol. The lowest BCUT2D eigenvalue weighted by atomic mass is 10.1. The summed E-state index contributed by atoms with van der Waals surface area (Å²) in [7, 11) is 0. The normalized spacial score (nSPS) is 17.0. The molecule has 128 valence electrons. The number of carbonyl (C=O) groups excluding carboxylic acids is 1. The molecule has 1 atom stereocenters. The van der Waals surface area contributed by atoms with Crippen LogP contribution in [0, 0.1) is 6.92 Å². The lowest BCUT2D eigenvalue weighted by molar-refractivity contribution is 0.0940. The highest BCUT2D eigenvalue weighted by molar-refractivity contribution is 5.88. The van der Waals surface area contributed by atoms with Crippen LogP contribution in [0.1, 0.15) is 24.0 Å². The minimum atomic E-state index is -0.224. The van der Waals surface area contributed by atoms with Crippen molar-refractivity contribution in [2.75, 3.05) is 18.5 Å². The van der Waals surface area contributed by atoms with E-state index in [9.17, 15) is 4.79 Å². The van der Waals surface area contributed by atoms with Gasteiger partial charge in [-0.25, -0.2) is 4.79 Å². The van der Waals surface area contributed by atoms with Crippen molar-refractivity contribution in [2.24, 2.45) is 0 Å². The Balaban J connectivity index is 1.41. The Bertz CT molecular complexity index is 679. The van der Waals surface area contributed by atoms with Crippen LogP contribution in [0.4, 0.5) is 10.5 Å². The number of ether oxygens (including phenoxy) is 1. The molecule has 2 amide bonds. The fourth-order valence-corrected chi connectivity index (χ4v) is 2.79. The second-order valence-corrected chi connectivity index (χ2v) is 6.02. The first-order valence-electron chi connectivity index (χ1n) is 8.29. The van der Waals surface area contributed by atoms with Crippen molar-refractivity contribution in [3.8, 4) is 0 Å². The SMILES string of the molecule is Cc1cnccc1CCNC(=O)Nc1cnn(C[C@H]2CCCO2)c1. The molecule has 1 saturated heterocycles. The van der Waals surface area contributed by atoms with Crippen LogP contribution >= 0.6 is 0 Å². The number of urea groups is 1. The molecule has 0 spiro atoms. The van der Waals surface area contributed by atoms with E-state index in [1.165, 1.54) is 5.56 Å². The standard InChI is InChI=1S/C17H23N5O2/c1-13-9-18-6-4-14(13)5-7-19-17(23)21-15-10-20-22(11-15)12-16-3-2-8-24-16/h4,6,9-11,16H,2-3,5,7-8,12H2,1H3,(H2,19,21,23)/t16-/m1/s1. The van der Waals surface area contributed by atoms with Crippen LogP contribution in [0.2, 0.25) is 0 Å². The molecule has 0 radical (unpaired) electrons. The minimum absolute atomic E-state index is 0.224. The van der Waals surface area contributed by atoms with Crippen LogP contribution < -0.4 is 10.6 Å². The van der Waals surface area contributed by atoms with Gasteiger partial charge in [0.15, 0.2) is 0 Å². The second-order valence-electron chi connectivity index (χ2n) is 6.02. The van der Waals surface area contributed by atoms with E-state index in [1.54, 1.807) is 12.4 Å². The summed E-state index contributed by atoms with van der Waals surface area (Å²) in [5, 5.41) is 9.92. The third-order valence-electron chi connectivity index (χ3n) is 4.12. The molecule has 7 nitrogen and oxygen atoms in total. The van der Waals surface area contributed by atoms with E-state index in [1.807, 2.05) is 30.1 Å². The van der Waals surface area contributed by atoms with E-state index >= 15 is 0 Å². The second kappa shape index (κ2) is 7.92. The van der Waals surface area contributed by atoms with Gasteiger partial charge in [0, 0.05) is 31.7 Å². The summed E-state index contributed by atoms with van der Waals surface area (Å²) in [4.78, 5) is 16.0. The molecule has 0 aliphatic carbocycles. The molecule has 1 fully saturated rings. The Hall–Kier alpha value is -2.41. The average Bonchev–Trinajstić information content (AvgIpc) is 3.22. The van der Waals surface area contributed by atoms with Crippen molar-refractivity contribution >= 4 is 11.7 Å². The van der Waals surface area contributed by atoms with Gasteiger partial charge in [0.05, 0.1) is 24.5 Å². The predicted octanol–water partition coefficient (Wildman–Crippen LogP) is 2.13. The zero-order valence-corrected chi connectivity index (χ0v) is 13.9. The largest absolute Gasteiger partial charge is 0.376 e. The molecule has 2 N–H and O–H groups in total. The van der Waals surface area contributed by atoms with Gasteiger partial charge in [0.2, 0.25) is 0 Å². The molecule has 7 heteroatoms. The third-order valence-corrected chi connectivity index (χ3v) is 4.12. The summed E-state index contributed by atoms with van der Waals surface area (Å²) in [5.41, 5.74) is 3.01. The Morgan fingerprint density at radius 3 is 3.17 bits per heavy atom. The zero-order chi connectivity index (χ0) is 16.8. The number of aryl methyl sites for hydroxylation is 1. The number of aromatic nitrogens is 3. The number of rotatable bonds is 6. The van der Waals surface area contributed by atoms with Gasteiger partial charge in [-0.05, 0) is 43.4 Å². The molecule has 0 saturated carbocycles. The average molecular weight is 329 g/mol. The number of anilines is 1. The zero-order valence-electron chi connectivity index (χ0n) is 13.9. The lowest BCUT2D eigenvalue weighted by Gasteiger charge is -2.09. The first-order valence-corrected chi connectivity index (χ1v) is 8.29. The minimum Gasteiger partial charge on any atom is -0.376 e. The van der Waals surface area contributed by atoms with Crippen molar-refractivity contribution in [1.29, 1.82) is 0 Å². The number of carbonyl (C=O) groups is 1. The van der Waals surface area contributed by atoms with Crippen molar-refractivity contribution in [1.82, 2.24) is 20.1 Å². The van der Waals surface area contributed by atoms with Crippen molar-refractivity contribution < 1.29 is 9.53 Å². The summed E-state index contributed by atoms with van der Waals surface area (Å²) >= 11 is 0. The number of nitrogens with zero attached hydrogens (tertiary/aromatic N) is 3. The summed E-state index contributed by atoms with van der Waals surface area (Å²) in [6, 6.07) is 1.75. The van der Waals surface area contributed by atoms with Crippen LogP contribution in [0.25, 0.3) is 0 Å². The van der Waals surface area contributed by atoms with Gasteiger partial charge >= 0.3 is 6.03 Å². The number of amides is 2. The van der Waals surface area contributed by atoms with Gasteiger partial charge in [0.25, 0.3) is 0 Å². The Morgan fingerprint density at radius 2 is 2.38 bits per heavy atom. The maximum Gasteiger partial charge on any atom is 0.319 e. The summed E-state index contributed by atoms with van der Waals surface area (Å²) < 4.78 is 7.40. The van der Waals surface area contributed by atoms with Crippen LogP contribution in [0.5, 0.6) is 0 Å². The summed E-state index contributed by atoms with van der Waals surface area (Å²) in [5.74, 6) is 0. The van der Waals surface area contributed by atoms with E-state index in [4.69, 9.17) is 4.74 Å². The Morgan fingerprint density at radius 1 is 1.46 bits per heavy atom. The van der Waals surface area contributed by atoms with E-state index in [2.05, 4.69) is 20.7 Å². The molecule has 2 aromatic rings. The molecule has 1 aliphatic rings. The molecule has 2 aromatic heterocycles. The van der Waals surface area contributed by atoms with E-state index in [0.717, 1.165) is 38.0 Å². The topological polar surface area (TPSA) is 81.1 Å². The highest BCUT2D eigenvalue weighted by Crippen LogP contribution is 2.14. The lowest BCUT2D eigenvalue weighted by Crippen LogP contribution is -2.30. The number of nitrogens with one attached hydrogen (secondary N) is 2. The molecule has 0 aromatic carbocycles. The maximum absolute atomic E-state index is 11.9. The number of hydrogen-bond acceptors (Lipinski definition) is 4. The van der Waals surface area contributed by atoms with Crippen molar-refractivity contribution in [3.05, 3.63) is 42.0 Å². The van der Waals surface area contributed by atoms with Crippen LogP contribution in [0.15, 0.2) is 30.9 Å². The molecule has 0 bridgehead atoms. The molecule has 1 aliphatic heterocycles. The van der Waals surface area contributed by atoms with Crippen LogP contribution in [-0.4, -0.2) is 40.1 Å². The molecule has 24 heavy (non-hydrogen) atoms. The van der Waals surface area contributed by atoms with Gasteiger partial charge < -0.3 is 15.4 Å². The number of pyridine rings is 1. The Labute approximate surface area is 141 Å². The quantitative estimate of drug-likeness (QED) is 0.851. The fourth-order valence-electron chi connectivity index (χ4n) is 2.79. The first kappa shape index (κ1) is 16.4. The van der Waals surface area contributed by atoms with Gasteiger partial charge in [-0.3, -0.25) is 9.67 Å². The molecule has 0 unspecified atom stereocenters. The Kier molecular flexibility index (Phi) is 5.43. The highest BCUT2D eigenvalue weighted by atomic mass is 16.5. The molecule has 3 rings (SSSR count). The fraction of sp³-hybridized carbons (Fsp3) is 0.471. The van der Waals surface area contributed by atoms with E-state index in [-0.39, 0.29) is 12.1 Å². The van der Waals surface area contributed by atoms with Crippen LogP contribution in [0.3, 0.4) is 0 Å². The smallest absolute Gasteiger partial charge is 0.319 e. The maximum atomic E-state index is 11.9. The monoisotopic (exact) mass is 329 g/mol. The highest BCUT2D eigenvalue weighted by Gasteiger charge is 2.16. The van der Waals surface area contributed by atoms with Gasteiger partial charge in [-0.2, -0.15) is 5.10 Å². The van der Waals surface area contributed by atoms with E-state index in [0.29, 0.717) is 12.2 Å².